The van der Waals surface area contributed by atoms with Gasteiger partial charge in [-0.15, -0.1) is 0 Å². The van der Waals surface area contributed by atoms with E-state index in [4.69, 9.17) is 9.84 Å². The molecular formula is C21H34O3S. The Morgan fingerprint density at radius 2 is 1.80 bits per heavy atom. The zero-order valence-electron chi connectivity index (χ0n) is 15.4. The van der Waals surface area contributed by atoms with Crippen LogP contribution in [0.25, 0.3) is 0 Å². The summed E-state index contributed by atoms with van der Waals surface area (Å²) in [6.45, 7) is 0. The smallest absolute Gasteiger partial charge is 0.303 e. The first-order valence-electron chi connectivity index (χ1n) is 10.4. The van der Waals surface area contributed by atoms with Gasteiger partial charge >= 0.3 is 5.97 Å². The van der Waals surface area contributed by atoms with Gasteiger partial charge in [-0.25, -0.2) is 0 Å². The summed E-state index contributed by atoms with van der Waals surface area (Å²) in [5, 5.41) is 9.60. The minimum atomic E-state index is -0.689. The minimum Gasteiger partial charge on any atom is -0.481 e. The second-order valence-corrected chi connectivity index (χ2v) is 9.44. The predicted molar refractivity (Wildman–Crippen MR) is 104 cm³/mol. The molecule has 0 radical (unpaired) electrons. The fourth-order valence-electron chi connectivity index (χ4n) is 4.94. The van der Waals surface area contributed by atoms with Gasteiger partial charge in [-0.3, -0.25) is 4.79 Å². The Bertz CT molecular complexity index is 444. The molecule has 2 heterocycles. The van der Waals surface area contributed by atoms with Crippen LogP contribution in [0.4, 0.5) is 0 Å². The van der Waals surface area contributed by atoms with E-state index in [-0.39, 0.29) is 6.42 Å². The van der Waals surface area contributed by atoms with Gasteiger partial charge in [-0.05, 0) is 69.0 Å². The van der Waals surface area contributed by atoms with Crippen molar-refractivity contribution in [2.45, 2.75) is 94.5 Å². The Morgan fingerprint density at radius 1 is 1.04 bits per heavy atom. The highest BCUT2D eigenvalue weighted by molar-refractivity contribution is 7.99. The van der Waals surface area contributed by atoms with Gasteiger partial charge in [0.05, 0.1) is 12.2 Å². The van der Waals surface area contributed by atoms with Crippen molar-refractivity contribution in [1.82, 2.24) is 0 Å². The van der Waals surface area contributed by atoms with Crippen LogP contribution in [0, 0.1) is 11.8 Å². The topological polar surface area (TPSA) is 46.5 Å². The van der Waals surface area contributed by atoms with Crippen LogP contribution in [0.2, 0.25) is 0 Å². The van der Waals surface area contributed by atoms with Crippen molar-refractivity contribution < 1.29 is 14.6 Å². The molecule has 2 bridgehead atoms. The average molecular weight is 367 g/mol. The Kier molecular flexibility index (Phi) is 7.72. The third-order valence-corrected chi connectivity index (χ3v) is 7.70. The second kappa shape index (κ2) is 10.0. The number of carbonyl (C=O) groups is 1. The Labute approximate surface area is 157 Å². The van der Waals surface area contributed by atoms with Crippen molar-refractivity contribution >= 4 is 17.7 Å². The van der Waals surface area contributed by atoms with Crippen LogP contribution in [0.1, 0.15) is 77.0 Å². The predicted octanol–water partition coefficient (Wildman–Crippen LogP) is 5.44. The summed E-state index contributed by atoms with van der Waals surface area (Å²) < 4.78 is 6.23. The van der Waals surface area contributed by atoms with Crippen LogP contribution in [-0.4, -0.2) is 34.3 Å². The summed E-state index contributed by atoms with van der Waals surface area (Å²) >= 11 is 2.22. The van der Waals surface area contributed by atoms with Crippen LogP contribution in [-0.2, 0) is 9.53 Å². The maximum Gasteiger partial charge on any atom is 0.303 e. The van der Waals surface area contributed by atoms with Crippen LogP contribution in [0.15, 0.2) is 12.2 Å². The van der Waals surface area contributed by atoms with Gasteiger partial charge in [0.25, 0.3) is 0 Å². The van der Waals surface area contributed by atoms with E-state index in [1.54, 1.807) is 0 Å². The molecule has 3 fully saturated rings. The molecule has 0 unspecified atom stereocenters. The summed E-state index contributed by atoms with van der Waals surface area (Å²) in [4.78, 5) is 10.5. The Balaban J connectivity index is 1.38. The average Bonchev–Trinajstić information content (AvgIpc) is 3.21. The van der Waals surface area contributed by atoms with Gasteiger partial charge in [0.2, 0.25) is 0 Å². The second-order valence-electron chi connectivity index (χ2n) is 8.03. The van der Waals surface area contributed by atoms with Gasteiger partial charge in [0.15, 0.2) is 0 Å². The van der Waals surface area contributed by atoms with Crippen LogP contribution >= 0.6 is 11.8 Å². The number of hydrogen-bond donors (Lipinski definition) is 1. The number of unbranched alkanes of at least 4 members (excludes halogenated alkanes) is 1. The number of fused-ring (bicyclic) bond motifs is 2. The van der Waals surface area contributed by atoms with Crippen molar-refractivity contribution in [3.05, 3.63) is 12.2 Å². The maximum absolute atomic E-state index is 10.5. The molecule has 1 N–H and O–H groups in total. The number of carboxylic acid groups (broad SMARTS) is 1. The highest BCUT2D eigenvalue weighted by atomic mass is 32.2. The van der Waals surface area contributed by atoms with Gasteiger partial charge in [-0.2, -0.15) is 11.8 Å². The van der Waals surface area contributed by atoms with Crippen LogP contribution in [0.3, 0.4) is 0 Å². The SMILES string of the molecule is O=C(O)CCC/C=C\C[C@@H]1[C@H](CCSC2CCCCC2)[C@@H]2CC[C@H]1O2. The van der Waals surface area contributed by atoms with E-state index in [0.717, 1.165) is 30.4 Å². The largest absolute Gasteiger partial charge is 0.481 e. The number of aliphatic carboxylic acids is 1. The molecule has 142 valence electrons. The molecule has 0 aromatic heterocycles. The van der Waals surface area contributed by atoms with Crippen molar-refractivity contribution in [2.75, 3.05) is 5.75 Å². The number of ether oxygens (including phenoxy) is 1. The molecule has 3 rings (SSSR count). The van der Waals surface area contributed by atoms with Gasteiger partial charge in [-0.1, -0.05) is 31.4 Å². The standard InChI is InChI=1S/C21H34O3S/c22-21(23)11-7-2-1-6-10-17-18(20-13-12-19(17)24-20)14-15-25-16-8-4-3-5-9-16/h1,6,16-20H,2-5,7-15H2,(H,22,23)/b6-1-/t17-,18+,19-,20+/m1/s1. The first kappa shape index (κ1) is 19.3. The molecule has 4 heteroatoms. The Morgan fingerprint density at radius 3 is 2.56 bits per heavy atom. The van der Waals surface area contributed by atoms with Crippen molar-refractivity contribution in [3.8, 4) is 0 Å². The highest BCUT2D eigenvalue weighted by Crippen LogP contribution is 2.47. The van der Waals surface area contributed by atoms with Gasteiger partial charge in [0.1, 0.15) is 0 Å². The van der Waals surface area contributed by atoms with Crippen molar-refractivity contribution in [2.24, 2.45) is 11.8 Å². The van der Waals surface area contributed by atoms with E-state index < -0.39 is 5.97 Å². The summed E-state index contributed by atoms with van der Waals surface area (Å²) in [7, 11) is 0. The third-order valence-electron chi connectivity index (χ3n) is 6.28. The number of rotatable bonds is 10. The van der Waals surface area contributed by atoms with Gasteiger partial charge in [0, 0.05) is 11.7 Å². The number of allylic oxidation sites excluding steroid dienone is 2. The third kappa shape index (κ3) is 5.75. The Hall–Kier alpha value is -0.480. The lowest BCUT2D eigenvalue weighted by atomic mass is 9.76. The number of hydrogen-bond acceptors (Lipinski definition) is 3. The number of thioether (sulfide) groups is 1. The first-order chi connectivity index (χ1) is 12.2. The lowest BCUT2D eigenvalue weighted by Crippen LogP contribution is -2.27. The fraction of sp³-hybridized carbons (Fsp3) is 0.857. The van der Waals surface area contributed by atoms with E-state index in [1.165, 1.54) is 57.1 Å². The monoisotopic (exact) mass is 366 g/mol. The highest BCUT2D eigenvalue weighted by Gasteiger charge is 2.47. The zero-order chi connectivity index (χ0) is 17.5. The van der Waals surface area contributed by atoms with E-state index in [1.807, 2.05) is 0 Å². The summed E-state index contributed by atoms with van der Waals surface area (Å²) in [5.41, 5.74) is 0. The molecule has 2 saturated heterocycles. The number of carboxylic acids is 1. The normalized spacial score (nSPS) is 32.6. The molecule has 3 nitrogen and oxygen atoms in total. The quantitative estimate of drug-likeness (QED) is 0.413. The summed E-state index contributed by atoms with van der Waals surface area (Å²) in [6, 6.07) is 0. The lowest BCUT2D eigenvalue weighted by Gasteiger charge is -2.28. The molecule has 0 aromatic carbocycles. The van der Waals surface area contributed by atoms with Crippen molar-refractivity contribution in [1.29, 1.82) is 0 Å². The molecule has 25 heavy (non-hydrogen) atoms. The summed E-state index contributed by atoms with van der Waals surface area (Å²) in [6.07, 6.45) is 19.5. The molecule has 4 atom stereocenters. The fourth-order valence-corrected chi connectivity index (χ4v) is 6.35. The lowest BCUT2D eigenvalue weighted by molar-refractivity contribution is -0.137. The molecule has 2 aliphatic heterocycles. The van der Waals surface area contributed by atoms with Crippen LogP contribution in [0.5, 0.6) is 0 Å². The molecule has 3 aliphatic rings. The maximum atomic E-state index is 10.5. The van der Waals surface area contributed by atoms with E-state index in [9.17, 15) is 4.79 Å². The molecule has 0 spiro atoms. The molecular weight excluding hydrogens is 332 g/mol. The van der Waals surface area contributed by atoms with Crippen molar-refractivity contribution in [3.63, 3.8) is 0 Å². The van der Waals surface area contributed by atoms with E-state index >= 15 is 0 Å². The summed E-state index contributed by atoms with van der Waals surface area (Å²) in [5.74, 6) is 2.06. The molecule has 1 aliphatic carbocycles. The van der Waals surface area contributed by atoms with Gasteiger partial charge < -0.3 is 9.84 Å². The molecule has 0 aromatic rings. The first-order valence-corrected chi connectivity index (χ1v) is 11.4. The zero-order valence-corrected chi connectivity index (χ0v) is 16.2. The van der Waals surface area contributed by atoms with Crippen LogP contribution < -0.4 is 0 Å². The molecule has 0 amide bonds. The molecule has 1 saturated carbocycles. The van der Waals surface area contributed by atoms with E-state index in [2.05, 4.69) is 23.9 Å². The minimum absolute atomic E-state index is 0.280. The van der Waals surface area contributed by atoms with E-state index in [0.29, 0.717) is 18.1 Å².